The van der Waals surface area contributed by atoms with E-state index in [1.54, 1.807) is 19.9 Å². The second-order valence-corrected chi connectivity index (χ2v) is 6.90. The number of nitrogens with one attached hydrogen (secondary N) is 1. The van der Waals surface area contributed by atoms with Gasteiger partial charge in [-0.25, -0.2) is 9.59 Å². The Hall–Kier alpha value is -3.49. The summed E-state index contributed by atoms with van der Waals surface area (Å²) >= 11 is 0. The van der Waals surface area contributed by atoms with Crippen LogP contribution >= 0.6 is 0 Å². The summed E-state index contributed by atoms with van der Waals surface area (Å²) in [7, 11) is 0. The number of rotatable bonds is 8. The van der Waals surface area contributed by atoms with Crippen molar-refractivity contribution in [3.8, 4) is 0 Å². The number of carbonyl (C=O) groups excluding carboxylic acids is 3. The first-order valence-electron chi connectivity index (χ1n) is 9.43. The maximum Gasteiger partial charge on any atom is 0.337 e. The lowest BCUT2D eigenvalue weighted by Crippen LogP contribution is -2.33. The molecule has 0 amide bonds. The van der Waals surface area contributed by atoms with Gasteiger partial charge in [0.15, 0.2) is 5.78 Å². The predicted octanol–water partition coefficient (Wildman–Crippen LogP) is 2.92. The fraction of sp³-hybridized carbons (Fsp3) is 0.381. The average Bonchev–Trinajstić information content (AvgIpc) is 2.69. The molecule has 0 spiro atoms. The van der Waals surface area contributed by atoms with Crippen molar-refractivity contribution in [3.63, 3.8) is 0 Å². The molecule has 1 aromatic rings. The van der Waals surface area contributed by atoms with Crippen LogP contribution in [0.15, 0.2) is 46.8 Å². The monoisotopic (exact) mass is 416 g/mol. The molecule has 0 saturated carbocycles. The molecule has 1 heterocycles. The summed E-state index contributed by atoms with van der Waals surface area (Å²) in [6.45, 7) is 6.18. The lowest BCUT2D eigenvalue weighted by molar-refractivity contribution is -0.384. The normalized spacial score (nSPS) is 16.1. The standard InChI is InChI=1S/C21H24N2O7/c1-5-9-29-20(25)17-13(3)22-14(4)18(21(26)30-11-12(2)24)19(17)15-7-6-8-16(10-15)23(27)28/h6-8,10,19,22H,5,9,11H2,1-4H3. The van der Waals surface area contributed by atoms with Gasteiger partial charge in [-0.1, -0.05) is 19.1 Å². The van der Waals surface area contributed by atoms with Gasteiger partial charge in [-0.05, 0) is 32.8 Å². The number of nitro groups is 1. The number of allylic oxidation sites excluding steroid dienone is 2. The molecule has 30 heavy (non-hydrogen) atoms. The van der Waals surface area contributed by atoms with Crippen molar-refractivity contribution in [2.45, 2.75) is 40.0 Å². The fourth-order valence-corrected chi connectivity index (χ4v) is 3.20. The van der Waals surface area contributed by atoms with Gasteiger partial charge in [0, 0.05) is 23.5 Å². The third-order valence-corrected chi connectivity index (χ3v) is 4.46. The highest BCUT2D eigenvalue weighted by atomic mass is 16.6. The maximum atomic E-state index is 12.8. The number of Topliss-reactive ketones (excluding diaryl/α,β-unsaturated/α-hetero) is 1. The predicted molar refractivity (Wildman–Crippen MR) is 107 cm³/mol. The quantitative estimate of drug-likeness (QED) is 0.390. The topological polar surface area (TPSA) is 125 Å². The number of non-ortho nitro benzene ring substituents is 1. The number of hydrogen-bond acceptors (Lipinski definition) is 8. The van der Waals surface area contributed by atoms with Gasteiger partial charge in [0.05, 0.1) is 28.6 Å². The summed E-state index contributed by atoms with van der Waals surface area (Å²) in [6, 6.07) is 5.70. The largest absolute Gasteiger partial charge is 0.462 e. The van der Waals surface area contributed by atoms with Gasteiger partial charge in [-0.15, -0.1) is 0 Å². The lowest BCUT2D eigenvalue weighted by Gasteiger charge is -2.30. The molecule has 1 unspecified atom stereocenters. The SMILES string of the molecule is CCCOC(=O)C1=C(C)NC(C)=C(C(=O)OCC(C)=O)C1c1cccc([N+](=O)[O-])c1. The summed E-state index contributed by atoms with van der Waals surface area (Å²) in [5.74, 6) is -2.72. The number of nitro benzene ring substituents is 1. The van der Waals surface area contributed by atoms with Crippen molar-refractivity contribution < 1.29 is 28.8 Å². The van der Waals surface area contributed by atoms with E-state index >= 15 is 0 Å². The second kappa shape index (κ2) is 9.82. The molecular weight excluding hydrogens is 392 g/mol. The number of nitrogens with zero attached hydrogens (tertiary/aromatic N) is 1. The summed E-state index contributed by atoms with van der Waals surface area (Å²) in [6.07, 6.45) is 0.606. The smallest absolute Gasteiger partial charge is 0.337 e. The third kappa shape index (κ3) is 5.11. The van der Waals surface area contributed by atoms with Crippen LogP contribution in [0.5, 0.6) is 0 Å². The minimum absolute atomic E-state index is 0.0887. The van der Waals surface area contributed by atoms with Crippen LogP contribution in [0.2, 0.25) is 0 Å². The van der Waals surface area contributed by atoms with Gasteiger partial charge in [0.25, 0.3) is 5.69 Å². The maximum absolute atomic E-state index is 12.8. The van der Waals surface area contributed by atoms with E-state index in [1.807, 2.05) is 6.92 Å². The van der Waals surface area contributed by atoms with Gasteiger partial charge in [0.1, 0.15) is 6.61 Å². The molecule has 2 rings (SSSR count). The fourth-order valence-electron chi connectivity index (χ4n) is 3.20. The number of esters is 2. The van der Waals surface area contributed by atoms with Crippen LogP contribution in [-0.2, 0) is 23.9 Å². The van der Waals surface area contributed by atoms with Crippen LogP contribution in [-0.4, -0.2) is 35.9 Å². The first kappa shape index (κ1) is 22.8. The van der Waals surface area contributed by atoms with Crippen LogP contribution in [0, 0.1) is 10.1 Å². The van der Waals surface area contributed by atoms with Crippen LogP contribution in [0.3, 0.4) is 0 Å². The molecule has 0 bridgehead atoms. The molecular formula is C21H24N2O7. The summed E-state index contributed by atoms with van der Waals surface area (Å²) in [5, 5.41) is 14.2. The zero-order valence-electron chi connectivity index (χ0n) is 17.3. The molecule has 9 nitrogen and oxygen atoms in total. The van der Waals surface area contributed by atoms with Gasteiger partial charge in [-0.2, -0.15) is 0 Å². The number of dihydropyridines is 1. The van der Waals surface area contributed by atoms with Crippen LogP contribution < -0.4 is 5.32 Å². The molecule has 1 aliphatic rings. The third-order valence-electron chi connectivity index (χ3n) is 4.46. The first-order valence-corrected chi connectivity index (χ1v) is 9.43. The summed E-state index contributed by atoms with van der Waals surface area (Å²) in [5.41, 5.74) is 1.31. The van der Waals surface area contributed by atoms with E-state index in [9.17, 15) is 24.5 Å². The Bertz CT molecular complexity index is 946. The number of benzene rings is 1. The Morgan fingerprint density at radius 2 is 1.70 bits per heavy atom. The average molecular weight is 416 g/mol. The van der Waals surface area contributed by atoms with Crippen molar-refractivity contribution in [1.82, 2.24) is 5.32 Å². The molecule has 160 valence electrons. The zero-order chi connectivity index (χ0) is 22.4. The lowest BCUT2D eigenvalue weighted by atomic mass is 9.80. The highest BCUT2D eigenvalue weighted by Gasteiger charge is 2.38. The van der Waals surface area contributed by atoms with E-state index in [-0.39, 0.29) is 29.2 Å². The van der Waals surface area contributed by atoms with E-state index in [4.69, 9.17) is 9.47 Å². The van der Waals surface area contributed by atoms with Crippen LogP contribution in [0.1, 0.15) is 45.6 Å². The molecule has 9 heteroatoms. The molecule has 1 N–H and O–H groups in total. The van der Waals surface area contributed by atoms with Gasteiger partial charge >= 0.3 is 11.9 Å². The highest BCUT2D eigenvalue weighted by Crippen LogP contribution is 2.40. The number of hydrogen-bond donors (Lipinski definition) is 1. The molecule has 0 fully saturated rings. The van der Waals surface area contributed by atoms with E-state index < -0.39 is 29.4 Å². The van der Waals surface area contributed by atoms with E-state index in [1.165, 1.54) is 25.1 Å². The Balaban J connectivity index is 2.61. The van der Waals surface area contributed by atoms with Crippen LogP contribution in [0.25, 0.3) is 0 Å². The number of ether oxygens (including phenoxy) is 2. The Morgan fingerprint density at radius 1 is 1.10 bits per heavy atom. The van der Waals surface area contributed by atoms with Gasteiger partial charge in [-0.3, -0.25) is 14.9 Å². The Kier molecular flexibility index (Phi) is 7.46. The molecule has 0 saturated heterocycles. The number of carbonyl (C=O) groups is 3. The van der Waals surface area contributed by atoms with Gasteiger partial charge < -0.3 is 14.8 Å². The molecule has 0 aromatic heterocycles. The minimum atomic E-state index is -0.949. The van der Waals surface area contributed by atoms with Crippen molar-refractivity contribution in [1.29, 1.82) is 0 Å². The Labute approximate surface area is 173 Å². The van der Waals surface area contributed by atoms with Gasteiger partial charge in [0.2, 0.25) is 0 Å². The van der Waals surface area contributed by atoms with E-state index in [0.29, 0.717) is 23.4 Å². The number of ketones is 1. The van der Waals surface area contributed by atoms with Crippen molar-refractivity contribution in [2.24, 2.45) is 0 Å². The Morgan fingerprint density at radius 3 is 2.23 bits per heavy atom. The molecule has 1 aromatic carbocycles. The summed E-state index contributed by atoms with van der Waals surface area (Å²) in [4.78, 5) is 47.6. The van der Waals surface area contributed by atoms with E-state index in [0.717, 1.165) is 0 Å². The van der Waals surface area contributed by atoms with Crippen molar-refractivity contribution in [2.75, 3.05) is 13.2 Å². The summed E-state index contributed by atoms with van der Waals surface area (Å²) < 4.78 is 10.4. The molecule has 0 aliphatic carbocycles. The van der Waals surface area contributed by atoms with Crippen molar-refractivity contribution in [3.05, 3.63) is 62.5 Å². The first-order chi connectivity index (χ1) is 14.2. The second-order valence-electron chi connectivity index (χ2n) is 6.90. The van der Waals surface area contributed by atoms with Crippen LogP contribution in [0.4, 0.5) is 5.69 Å². The van der Waals surface area contributed by atoms with E-state index in [2.05, 4.69) is 5.32 Å². The minimum Gasteiger partial charge on any atom is -0.462 e. The van der Waals surface area contributed by atoms with Crippen molar-refractivity contribution >= 4 is 23.4 Å². The molecule has 0 radical (unpaired) electrons. The molecule has 1 atom stereocenters. The molecule has 1 aliphatic heterocycles. The zero-order valence-corrected chi connectivity index (χ0v) is 17.3. The highest BCUT2D eigenvalue weighted by molar-refractivity contribution is 6.00.